The fourth-order valence-corrected chi connectivity index (χ4v) is 2.35. The van der Waals surface area contributed by atoms with E-state index in [1.807, 2.05) is 0 Å². The van der Waals surface area contributed by atoms with Crippen molar-refractivity contribution in [3.8, 4) is 17.2 Å². The number of carbonyl (C=O) groups is 1. The minimum Gasteiger partial charge on any atom is -0.508 e. The third-order valence-electron chi connectivity index (χ3n) is 3.38. The molecule has 1 aromatic carbocycles. The van der Waals surface area contributed by atoms with Gasteiger partial charge in [0.15, 0.2) is 0 Å². The van der Waals surface area contributed by atoms with Crippen molar-refractivity contribution in [2.75, 3.05) is 0 Å². The molecule has 1 unspecified atom stereocenters. The van der Waals surface area contributed by atoms with Crippen molar-refractivity contribution >= 4 is 5.97 Å². The fraction of sp³-hybridized carbons (Fsp3) is 0.286. The van der Waals surface area contributed by atoms with E-state index in [4.69, 9.17) is 9.52 Å². The molecule has 0 fully saturated rings. The quantitative estimate of drug-likeness (QED) is 0.864. The van der Waals surface area contributed by atoms with Crippen LogP contribution in [0.3, 0.4) is 0 Å². The lowest BCUT2D eigenvalue weighted by Crippen LogP contribution is -2.21. The van der Waals surface area contributed by atoms with Crippen molar-refractivity contribution in [2.45, 2.75) is 19.3 Å². The molecule has 2 N–H and O–H groups in total. The maximum atomic E-state index is 11.0. The number of aromatic nitrogens is 1. The van der Waals surface area contributed by atoms with Gasteiger partial charge in [0.05, 0.1) is 11.6 Å². The number of aromatic hydroxyl groups is 1. The zero-order chi connectivity index (χ0) is 13.4. The van der Waals surface area contributed by atoms with E-state index in [0.717, 1.165) is 11.5 Å². The molecule has 0 saturated carbocycles. The number of benzene rings is 1. The van der Waals surface area contributed by atoms with E-state index in [9.17, 15) is 9.90 Å². The van der Waals surface area contributed by atoms with E-state index in [1.54, 1.807) is 24.3 Å². The second-order valence-electron chi connectivity index (χ2n) is 4.72. The minimum atomic E-state index is -0.785. The molecule has 1 aliphatic rings. The number of hydrogen-bond acceptors (Lipinski definition) is 4. The van der Waals surface area contributed by atoms with Gasteiger partial charge in [-0.2, -0.15) is 0 Å². The molecule has 0 aliphatic heterocycles. The molecule has 0 bridgehead atoms. The Morgan fingerprint density at radius 1 is 1.42 bits per heavy atom. The van der Waals surface area contributed by atoms with Crippen LogP contribution in [0.5, 0.6) is 5.75 Å². The Morgan fingerprint density at radius 3 is 3.00 bits per heavy atom. The number of oxazole rings is 1. The third kappa shape index (κ3) is 2.19. The standard InChI is InChI=1S/C14H13NO4/c16-10-3-1-2-8(6-10)13-15-11-7-9(14(17)18)4-5-12(11)19-13/h1-3,6,9,16H,4-5,7H2,(H,17,18). The molecular weight excluding hydrogens is 246 g/mol. The number of rotatable bonds is 2. The van der Waals surface area contributed by atoms with Gasteiger partial charge in [0, 0.05) is 18.4 Å². The van der Waals surface area contributed by atoms with Crippen LogP contribution in [-0.2, 0) is 17.6 Å². The fourth-order valence-electron chi connectivity index (χ4n) is 2.35. The summed E-state index contributed by atoms with van der Waals surface area (Å²) in [5.74, 6) is 0.182. The van der Waals surface area contributed by atoms with Gasteiger partial charge in [0.2, 0.25) is 5.89 Å². The van der Waals surface area contributed by atoms with Crippen molar-refractivity contribution in [2.24, 2.45) is 5.92 Å². The average molecular weight is 259 g/mol. The van der Waals surface area contributed by atoms with Crippen LogP contribution in [0.15, 0.2) is 28.7 Å². The number of aryl methyl sites for hydroxylation is 1. The summed E-state index contributed by atoms with van der Waals surface area (Å²) in [5, 5.41) is 18.5. The van der Waals surface area contributed by atoms with Crippen molar-refractivity contribution in [1.82, 2.24) is 4.98 Å². The monoisotopic (exact) mass is 259 g/mol. The highest BCUT2D eigenvalue weighted by Gasteiger charge is 2.28. The second-order valence-corrected chi connectivity index (χ2v) is 4.72. The number of hydrogen-bond donors (Lipinski definition) is 2. The van der Waals surface area contributed by atoms with Crippen molar-refractivity contribution < 1.29 is 19.4 Å². The summed E-state index contributed by atoms with van der Waals surface area (Å²) in [6.45, 7) is 0. The molecular formula is C14H13NO4. The SMILES string of the molecule is O=C(O)C1CCc2oc(-c3cccc(O)c3)nc2C1. The molecule has 98 valence electrons. The summed E-state index contributed by atoms with van der Waals surface area (Å²) in [7, 11) is 0. The zero-order valence-corrected chi connectivity index (χ0v) is 10.2. The Morgan fingerprint density at radius 2 is 2.26 bits per heavy atom. The van der Waals surface area contributed by atoms with E-state index in [0.29, 0.717) is 30.7 Å². The van der Waals surface area contributed by atoms with E-state index in [-0.39, 0.29) is 11.7 Å². The first-order valence-electron chi connectivity index (χ1n) is 6.14. The predicted octanol–water partition coefficient (Wildman–Crippen LogP) is 2.24. The first-order chi connectivity index (χ1) is 9.13. The molecule has 1 aromatic heterocycles. The highest BCUT2D eigenvalue weighted by Crippen LogP contribution is 2.30. The van der Waals surface area contributed by atoms with Gasteiger partial charge in [-0.25, -0.2) is 4.98 Å². The summed E-state index contributed by atoms with van der Waals surface area (Å²) >= 11 is 0. The zero-order valence-electron chi connectivity index (χ0n) is 10.2. The lowest BCUT2D eigenvalue weighted by Gasteiger charge is -2.15. The van der Waals surface area contributed by atoms with Gasteiger partial charge in [-0.05, 0) is 24.6 Å². The molecule has 1 aliphatic carbocycles. The normalized spacial score (nSPS) is 18.0. The Bertz CT molecular complexity index is 632. The summed E-state index contributed by atoms with van der Waals surface area (Å²) in [4.78, 5) is 15.3. The first kappa shape index (κ1) is 11.8. The van der Waals surface area contributed by atoms with Crippen LogP contribution in [0.2, 0.25) is 0 Å². The van der Waals surface area contributed by atoms with Crippen LogP contribution >= 0.6 is 0 Å². The van der Waals surface area contributed by atoms with Crippen molar-refractivity contribution in [3.05, 3.63) is 35.7 Å². The number of phenols is 1. The van der Waals surface area contributed by atoms with Crippen molar-refractivity contribution in [3.63, 3.8) is 0 Å². The maximum absolute atomic E-state index is 11.0. The van der Waals surface area contributed by atoms with E-state index in [2.05, 4.69) is 4.98 Å². The Hall–Kier alpha value is -2.30. The number of carboxylic acid groups (broad SMARTS) is 1. The maximum Gasteiger partial charge on any atom is 0.306 e. The predicted molar refractivity (Wildman–Crippen MR) is 66.8 cm³/mol. The average Bonchev–Trinajstić information content (AvgIpc) is 2.81. The number of carboxylic acids is 1. The molecule has 1 heterocycles. The lowest BCUT2D eigenvalue weighted by molar-refractivity contribution is -0.142. The Kier molecular flexibility index (Phi) is 2.74. The molecule has 19 heavy (non-hydrogen) atoms. The van der Waals surface area contributed by atoms with Gasteiger partial charge >= 0.3 is 5.97 Å². The molecule has 0 spiro atoms. The van der Waals surface area contributed by atoms with Crippen LogP contribution in [0.25, 0.3) is 11.5 Å². The van der Waals surface area contributed by atoms with Gasteiger partial charge in [-0.1, -0.05) is 6.07 Å². The highest BCUT2D eigenvalue weighted by molar-refractivity contribution is 5.70. The molecule has 3 rings (SSSR count). The number of phenolic OH excluding ortho intramolecular Hbond substituents is 1. The van der Waals surface area contributed by atoms with Gasteiger partial charge in [-0.15, -0.1) is 0 Å². The Balaban J connectivity index is 1.93. The number of nitrogens with zero attached hydrogens (tertiary/aromatic N) is 1. The van der Waals surface area contributed by atoms with Gasteiger partial charge in [-0.3, -0.25) is 4.79 Å². The first-order valence-corrected chi connectivity index (χ1v) is 6.14. The van der Waals surface area contributed by atoms with Crippen LogP contribution in [0.1, 0.15) is 17.9 Å². The molecule has 5 heteroatoms. The summed E-state index contributed by atoms with van der Waals surface area (Å²) < 4.78 is 5.66. The summed E-state index contributed by atoms with van der Waals surface area (Å²) in [5.41, 5.74) is 1.42. The summed E-state index contributed by atoms with van der Waals surface area (Å²) in [6, 6.07) is 6.67. The number of aliphatic carboxylic acids is 1. The molecule has 0 radical (unpaired) electrons. The van der Waals surface area contributed by atoms with Crippen molar-refractivity contribution in [1.29, 1.82) is 0 Å². The molecule has 0 saturated heterocycles. The van der Waals surface area contributed by atoms with Gasteiger partial charge in [0.25, 0.3) is 0 Å². The molecule has 0 amide bonds. The van der Waals surface area contributed by atoms with Gasteiger partial charge in [0.1, 0.15) is 11.5 Å². The Labute approximate surface area is 109 Å². The minimum absolute atomic E-state index is 0.150. The second kappa shape index (κ2) is 4.42. The van der Waals surface area contributed by atoms with E-state index < -0.39 is 5.97 Å². The van der Waals surface area contributed by atoms with Crippen LogP contribution in [-0.4, -0.2) is 21.2 Å². The van der Waals surface area contributed by atoms with E-state index in [1.165, 1.54) is 0 Å². The lowest BCUT2D eigenvalue weighted by atomic mass is 9.90. The highest BCUT2D eigenvalue weighted by atomic mass is 16.4. The smallest absolute Gasteiger partial charge is 0.306 e. The largest absolute Gasteiger partial charge is 0.508 e. The van der Waals surface area contributed by atoms with E-state index >= 15 is 0 Å². The summed E-state index contributed by atoms with van der Waals surface area (Å²) in [6.07, 6.45) is 1.59. The van der Waals surface area contributed by atoms with Gasteiger partial charge < -0.3 is 14.6 Å². The molecule has 1 atom stereocenters. The van der Waals surface area contributed by atoms with Crippen LogP contribution in [0.4, 0.5) is 0 Å². The van der Waals surface area contributed by atoms with Crippen LogP contribution < -0.4 is 0 Å². The third-order valence-corrected chi connectivity index (χ3v) is 3.38. The topological polar surface area (TPSA) is 83.6 Å². The number of fused-ring (bicyclic) bond motifs is 1. The molecule has 2 aromatic rings. The molecule has 5 nitrogen and oxygen atoms in total. The van der Waals surface area contributed by atoms with Crippen LogP contribution in [0, 0.1) is 5.92 Å².